The summed E-state index contributed by atoms with van der Waals surface area (Å²) in [6, 6.07) is 2.58. The van der Waals surface area contributed by atoms with Crippen LogP contribution >= 0.6 is 11.3 Å². The topological polar surface area (TPSA) is 41.1 Å². The molecule has 1 aliphatic carbocycles. The number of hydrogen-bond acceptors (Lipinski definition) is 3. The van der Waals surface area contributed by atoms with Gasteiger partial charge < -0.3 is 10.6 Å². The van der Waals surface area contributed by atoms with Crippen LogP contribution in [0.5, 0.6) is 0 Å². The van der Waals surface area contributed by atoms with Crippen molar-refractivity contribution in [1.29, 1.82) is 0 Å². The highest BCUT2D eigenvalue weighted by Crippen LogP contribution is 2.18. The van der Waals surface area contributed by atoms with Crippen molar-refractivity contribution >= 4 is 17.2 Å². The van der Waals surface area contributed by atoms with Gasteiger partial charge in [-0.1, -0.05) is 26.2 Å². The average Bonchev–Trinajstić information content (AvgIpc) is 2.87. The first-order valence-electron chi connectivity index (χ1n) is 7.35. The Bertz CT molecular complexity index is 397. The van der Waals surface area contributed by atoms with Crippen LogP contribution in [-0.2, 0) is 17.8 Å². The smallest absolute Gasteiger partial charge is 0.234 e. The summed E-state index contributed by atoms with van der Waals surface area (Å²) in [4.78, 5) is 13.2. The average molecular weight is 280 g/mol. The fourth-order valence-electron chi connectivity index (χ4n) is 2.65. The van der Waals surface area contributed by atoms with E-state index in [2.05, 4.69) is 29.0 Å². The normalized spacial score (nSPS) is 16.5. The fraction of sp³-hybridized carbons (Fsp3) is 0.667. The number of rotatable bonds is 6. The molecule has 1 aromatic rings. The van der Waals surface area contributed by atoms with Gasteiger partial charge in [0, 0.05) is 17.5 Å². The number of amides is 1. The van der Waals surface area contributed by atoms with Crippen LogP contribution < -0.4 is 10.6 Å². The van der Waals surface area contributed by atoms with Crippen molar-refractivity contribution in [3.63, 3.8) is 0 Å². The standard InChI is InChI=1S/C15H24N2OS/c1-2-12-8-9-19-14(12)10-16-11-15(18)17-13-6-4-3-5-7-13/h8-9,13,16H,2-7,10-11H2,1H3,(H,17,18). The molecule has 2 rings (SSSR count). The Morgan fingerprint density at radius 1 is 1.37 bits per heavy atom. The molecule has 4 heteroatoms. The predicted octanol–water partition coefficient (Wildman–Crippen LogP) is 2.85. The van der Waals surface area contributed by atoms with Crippen LogP contribution in [0.3, 0.4) is 0 Å². The Hall–Kier alpha value is -0.870. The van der Waals surface area contributed by atoms with Gasteiger partial charge in [0.15, 0.2) is 0 Å². The molecule has 3 nitrogen and oxygen atoms in total. The minimum atomic E-state index is 0.140. The number of thiophene rings is 1. The summed E-state index contributed by atoms with van der Waals surface area (Å²) in [7, 11) is 0. The predicted molar refractivity (Wildman–Crippen MR) is 80.4 cm³/mol. The van der Waals surface area contributed by atoms with E-state index in [1.54, 1.807) is 11.3 Å². The summed E-state index contributed by atoms with van der Waals surface area (Å²) in [6.07, 6.45) is 7.20. The van der Waals surface area contributed by atoms with E-state index in [4.69, 9.17) is 0 Å². The second-order valence-corrected chi connectivity index (χ2v) is 6.23. The molecule has 0 aromatic carbocycles. The van der Waals surface area contributed by atoms with E-state index in [1.165, 1.54) is 29.7 Å². The van der Waals surface area contributed by atoms with Gasteiger partial charge in [0.25, 0.3) is 0 Å². The number of hydrogen-bond donors (Lipinski definition) is 2. The van der Waals surface area contributed by atoms with E-state index < -0.39 is 0 Å². The summed E-state index contributed by atoms with van der Waals surface area (Å²) >= 11 is 1.77. The van der Waals surface area contributed by atoms with Crippen molar-refractivity contribution in [3.8, 4) is 0 Å². The number of nitrogens with one attached hydrogen (secondary N) is 2. The first-order valence-corrected chi connectivity index (χ1v) is 8.23. The SMILES string of the molecule is CCc1ccsc1CNCC(=O)NC1CCCCC1. The largest absolute Gasteiger partial charge is 0.352 e. The third kappa shape index (κ3) is 4.62. The number of aryl methyl sites for hydroxylation is 1. The van der Waals surface area contributed by atoms with Gasteiger partial charge in [-0.25, -0.2) is 0 Å². The minimum absolute atomic E-state index is 0.140. The van der Waals surface area contributed by atoms with E-state index in [9.17, 15) is 4.79 Å². The first-order chi connectivity index (χ1) is 9.29. The molecule has 1 saturated carbocycles. The van der Waals surface area contributed by atoms with Crippen molar-refractivity contribution < 1.29 is 4.79 Å². The van der Waals surface area contributed by atoms with Gasteiger partial charge in [-0.2, -0.15) is 0 Å². The maximum Gasteiger partial charge on any atom is 0.234 e. The molecule has 1 aliphatic rings. The Morgan fingerprint density at radius 3 is 2.89 bits per heavy atom. The first kappa shape index (κ1) is 14.5. The lowest BCUT2D eigenvalue weighted by molar-refractivity contribution is -0.121. The zero-order valence-corrected chi connectivity index (χ0v) is 12.5. The lowest BCUT2D eigenvalue weighted by Crippen LogP contribution is -2.41. The molecule has 0 radical (unpaired) electrons. The van der Waals surface area contributed by atoms with E-state index >= 15 is 0 Å². The van der Waals surface area contributed by atoms with Crippen molar-refractivity contribution in [2.24, 2.45) is 0 Å². The van der Waals surface area contributed by atoms with Gasteiger partial charge >= 0.3 is 0 Å². The maximum atomic E-state index is 11.8. The van der Waals surface area contributed by atoms with Crippen molar-refractivity contribution in [2.75, 3.05) is 6.54 Å². The summed E-state index contributed by atoms with van der Waals surface area (Å²) in [5.74, 6) is 0.140. The van der Waals surface area contributed by atoms with E-state index in [1.807, 2.05) is 0 Å². The summed E-state index contributed by atoms with van der Waals surface area (Å²) < 4.78 is 0. The van der Waals surface area contributed by atoms with Crippen LogP contribution in [0, 0.1) is 0 Å². The van der Waals surface area contributed by atoms with Crippen LogP contribution in [0.1, 0.15) is 49.5 Å². The molecule has 0 saturated heterocycles. The lowest BCUT2D eigenvalue weighted by Gasteiger charge is -2.22. The molecular weight excluding hydrogens is 256 g/mol. The lowest BCUT2D eigenvalue weighted by atomic mass is 9.95. The van der Waals surface area contributed by atoms with Gasteiger partial charge in [-0.15, -0.1) is 11.3 Å². The summed E-state index contributed by atoms with van der Waals surface area (Å²) in [6.45, 7) is 3.40. The second kappa shape index (κ2) is 7.65. The van der Waals surface area contributed by atoms with Crippen LogP contribution in [0.2, 0.25) is 0 Å². The molecule has 1 amide bonds. The number of carbonyl (C=O) groups excluding carboxylic acids is 1. The van der Waals surface area contributed by atoms with Crippen molar-refractivity contribution in [1.82, 2.24) is 10.6 Å². The van der Waals surface area contributed by atoms with Crippen LogP contribution in [-0.4, -0.2) is 18.5 Å². The highest BCUT2D eigenvalue weighted by atomic mass is 32.1. The second-order valence-electron chi connectivity index (χ2n) is 5.23. The quantitative estimate of drug-likeness (QED) is 0.841. The van der Waals surface area contributed by atoms with Crippen molar-refractivity contribution in [2.45, 2.75) is 58.0 Å². The Labute approximate surface area is 119 Å². The zero-order chi connectivity index (χ0) is 13.5. The molecule has 19 heavy (non-hydrogen) atoms. The maximum absolute atomic E-state index is 11.8. The van der Waals surface area contributed by atoms with Gasteiger partial charge in [0.05, 0.1) is 6.54 Å². The fourth-order valence-corrected chi connectivity index (χ4v) is 3.60. The highest BCUT2D eigenvalue weighted by molar-refractivity contribution is 7.10. The Morgan fingerprint density at radius 2 is 2.16 bits per heavy atom. The van der Waals surface area contributed by atoms with E-state index in [-0.39, 0.29) is 5.91 Å². The third-order valence-electron chi connectivity index (χ3n) is 3.76. The van der Waals surface area contributed by atoms with E-state index in [0.29, 0.717) is 12.6 Å². The molecule has 0 unspecified atom stereocenters. The van der Waals surface area contributed by atoms with Crippen molar-refractivity contribution in [3.05, 3.63) is 21.9 Å². The molecule has 0 atom stereocenters. The van der Waals surface area contributed by atoms with E-state index in [0.717, 1.165) is 25.8 Å². The molecule has 0 aliphatic heterocycles. The zero-order valence-electron chi connectivity index (χ0n) is 11.7. The number of carbonyl (C=O) groups is 1. The minimum Gasteiger partial charge on any atom is -0.352 e. The van der Waals surface area contributed by atoms with Gasteiger partial charge in [0.1, 0.15) is 0 Å². The van der Waals surface area contributed by atoms with Gasteiger partial charge in [-0.05, 0) is 36.3 Å². The molecule has 0 bridgehead atoms. The van der Waals surface area contributed by atoms with Gasteiger partial charge in [-0.3, -0.25) is 4.79 Å². The molecule has 2 N–H and O–H groups in total. The monoisotopic (exact) mass is 280 g/mol. The third-order valence-corrected chi connectivity index (χ3v) is 4.72. The van der Waals surface area contributed by atoms with Gasteiger partial charge in [0.2, 0.25) is 5.91 Å². The highest BCUT2D eigenvalue weighted by Gasteiger charge is 2.15. The summed E-state index contributed by atoms with van der Waals surface area (Å²) in [5.41, 5.74) is 1.39. The van der Waals surface area contributed by atoms with Crippen LogP contribution in [0.25, 0.3) is 0 Å². The molecule has 0 spiro atoms. The van der Waals surface area contributed by atoms with Crippen LogP contribution in [0.4, 0.5) is 0 Å². The molecule has 106 valence electrons. The Kier molecular flexibility index (Phi) is 5.86. The Balaban J connectivity index is 1.66. The summed E-state index contributed by atoms with van der Waals surface area (Å²) in [5, 5.41) is 8.50. The molecule has 1 heterocycles. The molecular formula is C15H24N2OS. The van der Waals surface area contributed by atoms with Crippen LogP contribution in [0.15, 0.2) is 11.4 Å². The molecule has 1 aromatic heterocycles. The molecule has 1 fully saturated rings.